The van der Waals surface area contributed by atoms with E-state index in [0.717, 1.165) is 36.8 Å². The number of hydrogen-bond acceptors (Lipinski definition) is 3. The number of fused-ring (bicyclic) bond motifs is 1. The van der Waals surface area contributed by atoms with Gasteiger partial charge in [0.2, 0.25) is 0 Å². The van der Waals surface area contributed by atoms with E-state index in [-0.39, 0.29) is 23.8 Å². The number of carbonyl (C=O) groups is 2. The largest absolute Gasteiger partial charge is 0.396 e. The lowest BCUT2D eigenvalue weighted by atomic mass is 9.89. The van der Waals surface area contributed by atoms with Crippen LogP contribution >= 0.6 is 0 Å². The summed E-state index contributed by atoms with van der Waals surface area (Å²) in [6.45, 7) is 4.69. The minimum Gasteiger partial charge on any atom is -0.396 e. The Balaban J connectivity index is 1.82. The van der Waals surface area contributed by atoms with Crippen LogP contribution in [0.25, 0.3) is 0 Å². The zero-order valence-electron chi connectivity index (χ0n) is 13.9. The molecule has 0 saturated carbocycles. The molecule has 0 aromatic heterocycles. The van der Waals surface area contributed by atoms with E-state index in [1.54, 1.807) is 6.07 Å². The zero-order valence-corrected chi connectivity index (χ0v) is 13.9. The Kier molecular flexibility index (Phi) is 5.77. The number of Topliss-reactive ketones (excluding diaryl/α,β-unsaturated/α-hetero) is 1. The van der Waals surface area contributed by atoms with Gasteiger partial charge in [-0.1, -0.05) is 19.9 Å². The molecule has 3 N–H and O–H groups in total. The number of rotatable bonds is 6. The molecular weight excluding hydrogens is 292 g/mol. The molecule has 1 aliphatic rings. The molecule has 0 spiro atoms. The van der Waals surface area contributed by atoms with Crippen molar-refractivity contribution in [2.75, 3.05) is 18.5 Å². The Morgan fingerprint density at radius 3 is 2.83 bits per heavy atom. The fraction of sp³-hybridized carbons (Fsp3) is 0.556. The summed E-state index contributed by atoms with van der Waals surface area (Å²) in [4.78, 5) is 23.8. The van der Waals surface area contributed by atoms with Gasteiger partial charge in [0.15, 0.2) is 5.78 Å². The van der Waals surface area contributed by atoms with Crippen LogP contribution in [0.3, 0.4) is 0 Å². The molecule has 5 nitrogen and oxygen atoms in total. The predicted octanol–water partition coefficient (Wildman–Crippen LogP) is 3.13. The maximum absolute atomic E-state index is 11.9. The molecule has 126 valence electrons. The molecule has 0 radical (unpaired) electrons. The molecule has 1 aromatic carbocycles. The quantitative estimate of drug-likeness (QED) is 0.705. The maximum Gasteiger partial charge on any atom is 0.319 e. The van der Waals surface area contributed by atoms with Crippen molar-refractivity contribution in [2.45, 2.75) is 46.0 Å². The van der Waals surface area contributed by atoms with Gasteiger partial charge < -0.3 is 15.7 Å². The first kappa shape index (κ1) is 17.5. The Labute approximate surface area is 137 Å². The van der Waals surface area contributed by atoms with Gasteiger partial charge in [0.05, 0.1) is 0 Å². The number of hydrogen-bond donors (Lipinski definition) is 3. The van der Waals surface area contributed by atoms with Gasteiger partial charge >= 0.3 is 6.03 Å². The summed E-state index contributed by atoms with van der Waals surface area (Å²) < 4.78 is 0. The molecule has 2 rings (SSSR count). The second-order valence-electron chi connectivity index (χ2n) is 6.96. The van der Waals surface area contributed by atoms with Crippen LogP contribution in [0.5, 0.6) is 0 Å². The first-order valence-corrected chi connectivity index (χ1v) is 8.23. The summed E-state index contributed by atoms with van der Waals surface area (Å²) in [7, 11) is 0. The van der Waals surface area contributed by atoms with Crippen molar-refractivity contribution >= 4 is 17.5 Å². The molecule has 0 aliphatic heterocycles. The van der Waals surface area contributed by atoms with Crippen LogP contribution in [-0.4, -0.2) is 30.1 Å². The smallest absolute Gasteiger partial charge is 0.319 e. The SMILES string of the molecule is CC(C)(CO)CCCNC(=O)Nc1ccc2c(c1)C(=O)CCC2. The Morgan fingerprint density at radius 2 is 2.09 bits per heavy atom. The number of aliphatic hydroxyl groups is 1. The van der Waals surface area contributed by atoms with Crippen molar-refractivity contribution in [3.8, 4) is 0 Å². The van der Waals surface area contributed by atoms with E-state index in [1.807, 2.05) is 26.0 Å². The third kappa shape index (κ3) is 5.06. The number of urea groups is 1. The minimum atomic E-state index is -0.269. The molecule has 5 heteroatoms. The molecule has 0 fully saturated rings. The normalized spacial score (nSPS) is 14.3. The zero-order chi connectivity index (χ0) is 16.9. The van der Waals surface area contributed by atoms with Crippen molar-refractivity contribution < 1.29 is 14.7 Å². The Morgan fingerprint density at radius 1 is 1.30 bits per heavy atom. The highest BCUT2D eigenvalue weighted by atomic mass is 16.3. The van der Waals surface area contributed by atoms with Gasteiger partial charge in [-0.3, -0.25) is 4.79 Å². The predicted molar refractivity (Wildman–Crippen MR) is 90.8 cm³/mol. The first-order valence-electron chi connectivity index (χ1n) is 8.23. The molecule has 0 bridgehead atoms. The molecule has 0 atom stereocenters. The number of anilines is 1. The third-order valence-corrected chi connectivity index (χ3v) is 4.26. The number of benzene rings is 1. The third-order valence-electron chi connectivity index (χ3n) is 4.26. The van der Waals surface area contributed by atoms with Gasteiger partial charge in [-0.25, -0.2) is 4.79 Å². The summed E-state index contributed by atoms with van der Waals surface area (Å²) in [5.41, 5.74) is 2.33. The van der Waals surface area contributed by atoms with Gasteiger partial charge in [0.1, 0.15) is 0 Å². The van der Waals surface area contributed by atoms with Gasteiger partial charge in [-0.05, 0) is 48.8 Å². The van der Waals surface area contributed by atoms with E-state index < -0.39 is 0 Å². The van der Waals surface area contributed by atoms with E-state index in [4.69, 9.17) is 0 Å². The van der Waals surface area contributed by atoms with Crippen molar-refractivity contribution in [1.29, 1.82) is 0 Å². The standard InChI is InChI=1S/C18H26N2O3/c1-18(2,12-21)9-4-10-19-17(23)20-14-8-7-13-5-3-6-16(22)15(13)11-14/h7-8,11,21H,3-6,9-10,12H2,1-2H3,(H2,19,20,23). The monoisotopic (exact) mass is 318 g/mol. The van der Waals surface area contributed by atoms with Crippen LogP contribution in [0.4, 0.5) is 10.5 Å². The van der Waals surface area contributed by atoms with E-state index in [9.17, 15) is 14.7 Å². The lowest BCUT2D eigenvalue weighted by Crippen LogP contribution is -2.30. The molecule has 0 unspecified atom stereocenters. The van der Waals surface area contributed by atoms with E-state index in [0.29, 0.717) is 18.7 Å². The van der Waals surface area contributed by atoms with Crippen LogP contribution in [0.2, 0.25) is 0 Å². The first-order chi connectivity index (χ1) is 10.9. The highest BCUT2D eigenvalue weighted by molar-refractivity contribution is 6.00. The molecule has 1 aliphatic carbocycles. The summed E-state index contributed by atoms with van der Waals surface area (Å²) in [5.74, 6) is 0.154. The van der Waals surface area contributed by atoms with E-state index >= 15 is 0 Å². The average molecular weight is 318 g/mol. The number of ketones is 1. The molecule has 0 saturated heterocycles. The topological polar surface area (TPSA) is 78.4 Å². The van der Waals surface area contributed by atoms with Crippen LogP contribution in [-0.2, 0) is 6.42 Å². The second kappa shape index (κ2) is 7.59. The molecule has 0 heterocycles. The maximum atomic E-state index is 11.9. The highest BCUT2D eigenvalue weighted by Crippen LogP contribution is 2.24. The lowest BCUT2D eigenvalue weighted by molar-refractivity contribution is 0.0972. The second-order valence-corrected chi connectivity index (χ2v) is 6.96. The number of nitrogens with one attached hydrogen (secondary N) is 2. The van der Waals surface area contributed by atoms with Gasteiger partial charge in [-0.2, -0.15) is 0 Å². The lowest BCUT2D eigenvalue weighted by Gasteiger charge is -2.21. The van der Waals surface area contributed by atoms with Crippen molar-refractivity contribution in [3.63, 3.8) is 0 Å². The van der Waals surface area contributed by atoms with Gasteiger partial charge in [-0.15, -0.1) is 0 Å². The fourth-order valence-corrected chi connectivity index (χ4v) is 2.73. The fourth-order valence-electron chi connectivity index (χ4n) is 2.73. The minimum absolute atomic E-state index is 0.114. The summed E-state index contributed by atoms with van der Waals surface area (Å²) in [5, 5.41) is 14.8. The highest BCUT2D eigenvalue weighted by Gasteiger charge is 2.18. The molecule has 2 amide bonds. The number of aliphatic hydroxyl groups excluding tert-OH is 1. The molecule has 23 heavy (non-hydrogen) atoms. The van der Waals surface area contributed by atoms with E-state index in [1.165, 1.54) is 0 Å². The summed E-state index contributed by atoms with van der Waals surface area (Å²) in [6.07, 6.45) is 4.07. The van der Waals surface area contributed by atoms with Crippen molar-refractivity contribution in [2.24, 2.45) is 5.41 Å². The van der Waals surface area contributed by atoms with Crippen molar-refractivity contribution in [3.05, 3.63) is 29.3 Å². The average Bonchev–Trinajstić information content (AvgIpc) is 2.52. The number of amides is 2. The number of aryl methyl sites for hydroxylation is 1. The van der Waals surface area contributed by atoms with Gasteiger partial charge in [0, 0.05) is 30.8 Å². The van der Waals surface area contributed by atoms with E-state index in [2.05, 4.69) is 10.6 Å². The number of carbonyl (C=O) groups excluding carboxylic acids is 2. The summed E-state index contributed by atoms with van der Waals surface area (Å²) >= 11 is 0. The Bertz CT molecular complexity index is 582. The molecular formula is C18H26N2O3. The molecule has 1 aromatic rings. The van der Waals surface area contributed by atoms with Crippen LogP contribution < -0.4 is 10.6 Å². The van der Waals surface area contributed by atoms with Crippen molar-refractivity contribution in [1.82, 2.24) is 5.32 Å². The Hall–Kier alpha value is -1.88. The summed E-state index contributed by atoms with van der Waals surface area (Å²) in [6, 6.07) is 5.26. The van der Waals surface area contributed by atoms with Gasteiger partial charge in [0.25, 0.3) is 0 Å². The van der Waals surface area contributed by atoms with Crippen LogP contribution in [0.1, 0.15) is 55.5 Å². The van der Waals surface area contributed by atoms with Crippen LogP contribution in [0.15, 0.2) is 18.2 Å². The van der Waals surface area contributed by atoms with Crippen LogP contribution in [0, 0.1) is 5.41 Å².